The van der Waals surface area contributed by atoms with E-state index in [1.807, 2.05) is 11.6 Å². The second-order valence-corrected chi connectivity index (χ2v) is 13.7. The van der Waals surface area contributed by atoms with Gasteiger partial charge >= 0.3 is 18.2 Å². The number of unbranched alkanes of at least 4 members (excludes halogenated alkanes) is 16. The van der Waals surface area contributed by atoms with Crippen molar-refractivity contribution in [3.8, 4) is 0 Å². The summed E-state index contributed by atoms with van der Waals surface area (Å²) in [6, 6.07) is -0.913. The SMILES string of the molecule is CCCCCCCCCCCCCCCCCNC(=O)OC1CCCOC1N(C(=O)OC)C(CCCCC[n+]1ccsc1)C(=O)OCC. The number of carbonyl (C=O) groups is 3. The number of aromatic nitrogens is 1. The van der Waals surface area contributed by atoms with Gasteiger partial charge in [-0.15, -0.1) is 0 Å². The van der Waals surface area contributed by atoms with Gasteiger partial charge in [-0.1, -0.05) is 115 Å². The summed E-state index contributed by atoms with van der Waals surface area (Å²) in [4.78, 5) is 40.4. The Labute approximate surface area is 294 Å². The molecule has 0 aliphatic carbocycles. The molecule has 2 rings (SSSR count). The van der Waals surface area contributed by atoms with E-state index in [0.717, 1.165) is 32.2 Å². The molecule has 0 radical (unpaired) electrons. The van der Waals surface area contributed by atoms with Gasteiger partial charge in [-0.25, -0.2) is 14.4 Å². The van der Waals surface area contributed by atoms with E-state index < -0.39 is 36.5 Å². The van der Waals surface area contributed by atoms with Crippen LogP contribution in [0.3, 0.4) is 0 Å². The molecule has 1 aliphatic rings. The monoisotopic (exact) mass is 696 g/mol. The van der Waals surface area contributed by atoms with Crippen molar-refractivity contribution in [2.45, 2.75) is 174 Å². The van der Waals surface area contributed by atoms with Gasteiger partial charge in [-0.2, -0.15) is 4.57 Å². The maximum atomic E-state index is 13.2. The number of thiazole rings is 1. The summed E-state index contributed by atoms with van der Waals surface area (Å²) < 4.78 is 24.4. The first-order chi connectivity index (χ1) is 23.5. The van der Waals surface area contributed by atoms with E-state index in [1.165, 1.54) is 95.5 Å². The van der Waals surface area contributed by atoms with Gasteiger partial charge in [0.05, 0.1) is 19.1 Å². The van der Waals surface area contributed by atoms with Crippen LogP contribution in [0.1, 0.15) is 149 Å². The van der Waals surface area contributed by atoms with Crippen LogP contribution in [-0.2, 0) is 30.3 Å². The summed E-state index contributed by atoms with van der Waals surface area (Å²) >= 11 is 1.65. The molecule has 0 aromatic carbocycles. The number of hydrogen-bond donors (Lipinski definition) is 1. The first kappa shape index (κ1) is 41.8. The highest BCUT2D eigenvalue weighted by molar-refractivity contribution is 7.07. The normalized spacial score (nSPS) is 16.6. The number of alkyl carbamates (subject to hydrolysis) is 1. The van der Waals surface area contributed by atoms with Gasteiger partial charge in [-0.3, -0.25) is 4.90 Å². The minimum atomic E-state index is -0.946. The third kappa shape index (κ3) is 17.8. The first-order valence-electron chi connectivity index (χ1n) is 19.0. The largest absolute Gasteiger partial charge is 0.464 e. The number of amides is 2. The molecule has 276 valence electrons. The molecule has 0 saturated carbocycles. The van der Waals surface area contributed by atoms with E-state index in [4.69, 9.17) is 18.9 Å². The zero-order chi connectivity index (χ0) is 34.7. The summed E-state index contributed by atoms with van der Waals surface area (Å²) in [5, 5.41) is 4.90. The highest BCUT2D eigenvalue weighted by atomic mass is 32.1. The predicted octanol–water partition coefficient (Wildman–Crippen LogP) is 8.70. The smallest absolute Gasteiger partial charge is 0.412 e. The van der Waals surface area contributed by atoms with Crippen LogP contribution >= 0.6 is 11.3 Å². The maximum absolute atomic E-state index is 13.2. The Morgan fingerprint density at radius 3 is 2.10 bits per heavy atom. The molecule has 0 spiro atoms. The molecular formula is C37H66N3O7S+. The molecule has 48 heavy (non-hydrogen) atoms. The Morgan fingerprint density at radius 2 is 1.52 bits per heavy atom. The molecule has 1 saturated heterocycles. The lowest BCUT2D eigenvalue weighted by Crippen LogP contribution is -2.58. The van der Waals surface area contributed by atoms with E-state index >= 15 is 0 Å². The molecule has 1 aromatic heterocycles. The van der Waals surface area contributed by atoms with E-state index in [2.05, 4.69) is 22.3 Å². The van der Waals surface area contributed by atoms with E-state index in [1.54, 1.807) is 18.3 Å². The Bertz CT molecular complexity index is 965. The Kier molecular flexibility index (Phi) is 23.9. The van der Waals surface area contributed by atoms with Gasteiger partial charge in [0.15, 0.2) is 12.4 Å². The van der Waals surface area contributed by atoms with Crippen LogP contribution in [0.25, 0.3) is 0 Å². The summed E-state index contributed by atoms with van der Waals surface area (Å²) in [7, 11) is 1.28. The van der Waals surface area contributed by atoms with Gasteiger partial charge in [-0.05, 0) is 39.0 Å². The third-order valence-electron chi connectivity index (χ3n) is 9.02. The molecular weight excluding hydrogens is 630 g/mol. The quantitative estimate of drug-likeness (QED) is 0.0424. The summed E-state index contributed by atoms with van der Waals surface area (Å²) in [6.45, 7) is 6.00. The topological polar surface area (TPSA) is 107 Å². The van der Waals surface area contributed by atoms with Gasteiger partial charge < -0.3 is 24.3 Å². The van der Waals surface area contributed by atoms with Crippen molar-refractivity contribution in [1.29, 1.82) is 0 Å². The average Bonchev–Trinajstić information content (AvgIpc) is 3.61. The molecule has 2 heterocycles. The fourth-order valence-electron chi connectivity index (χ4n) is 6.30. The van der Waals surface area contributed by atoms with Crippen LogP contribution in [0.4, 0.5) is 9.59 Å². The van der Waals surface area contributed by atoms with Crippen molar-refractivity contribution < 1.29 is 37.9 Å². The first-order valence-corrected chi connectivity index (χ1v) is 20.0. The number of nitrogens with one attached hydrogen (secondary N) is 1. The van der Waals surface area contributed by atoms with Crippen molar-refractivity contribution >= 4 is 29.5 Å². The highest BCUT2D eigenvalue weighted by Crippen LogP contribution is 2.26. The Hall–Kier alpha value is -2.40. The second kappa shape index (κ2) is 27.4. The number of esters is 1. The molecule has 10 nitrogen and oxygen atoms in total. The Morgan fingerprint density at radius 1 is 0.896 bits per heavy atom. The Balaban J connectivity index is 1.73. The summed E-state index contributed by atoms with van der Waals surface area (Å²) in [5.41, 5.74) is 2.07. The van der Waals surface area contributed by atoms with Crippen LogP contribution in [-0.4, -0.2) is 68.3 Å². The molecule has 11 heteroatoms. The third-order valence-corrected chi connectivity index (χ3v) is 9.69. The van der Waals surface area contributed by atoms with Crippen LogP contribution in [0.15, 0.2) is 17.1 Å². The predicted molar refractivity (Wildman–Crippen MR) is 190 cm³/mol. The fraction of sp³-hybridized carbons (Fsp3) is 0.838. The van der Waals surface area contributed by atoms with E-state index in [9.17, 15) is 14.4 Å². The van der Waals surface area contributed by atoms with Crippen molar-refractivity contribution in [1.82, 2.24) is 10.2 Å². The van der Waals surface area contributed by atoms with Crippen molar-refractivity contribution in [3.63, 3.8) is 0 Å². The number of nitrogens with zero attached hydrogens (tertiary/aromatic N) is 2. The van der Waals surface area contributed by atoms with Gasteiger partial charge in [0, 0.05) is 19.6 Å². The van der Waals surface area contributed by atoms with Crippen LogP contribution in [0.2, 0.25) is 0 Å². The second-order valence-electron chi connectivity index (χ2n) is 13.0. The van der Waals surface area contributed by atoms with Gasteiger partial charge in [0.2, 0.25) is 5.51 Å². The number of methoxy groups -OCH3 is 1. The molecule has 1 aromatic rings. The van der Waals surface area contributed by atoms with Crippen LogP contribution < -0.4 is 9.88 Å². The molecule has 1 fully saturated rings. The molecule has 3 atom stereocenters. The van der Waals surface area contributed by atoms with Crippen molar-refractivity contribution in [2.75, 3.05) is 26.9 Å². The molecule has 0 bridgehead atoms. The molecule has 1 aliphatic heterocycles. The number of ether oxygens (including phenoxy) is 4. The summed E-state index contributed by atoms with van der Waals surface area (Å²) in [5.74, 6) is -0.513. The molecule has 3 unspecified atom stereocenters. The number of aryl methyl sites for hydroxylation is 1. The fourth-order valence-corrected chi connectivity index (χ4v) is 6.93. The minimum absolute atomic E-state index is 0.187. The lowest BCUT2D eigenvalue weighted by Gasteiger charge is -2.41. The van der Waals surface area contributed by atoms with E-state index in [-0.39, 0.29) is 6.61 Å². The average molecular weight is 697 g/mol. The van der Waals surface area contributed by atoms with Crippen LogP contribution in [0.5, 0.6) is 0 Å². The zero-order valence-electron chi connectivity index (χ0n) is 30.3. The molecule has 1 N–H and O–H groups in total. The van der Waals surface area contributed by atoms with Gasteiger partial charge in [0.1, 0.15) is 18.7 Å². The number of hydrogen-bond acceptors (Lipinski definition) is 8. The number of carbonyl (C=O) groups excluding carboxylic acids is 3. The summed E-state index contributed by atoms with van der Waals surface area (Å²) in [6.07, 6.45) is 22.6. The van der Waals surface area contributed by atoms with E-state index in [0.29, 0.717) is 38.8 Å². The standard InChI is InChI=1S/C37H65N3O7S/c1-4-6-7-8-9-10-11-12-13-14-15-16-17-18-21-26-38-36(42)47-33-25-23-29-46-34(33)40(37(43)44-3)32(35(41)45-5-2)24-20-19-22-27-39-28-30-48-31-39/h28,30-34H,4-27,29H2,1-3H3/p+1. The van der Waals surface area contributed by atoms with Crippen molar-refractivity contribution in [3.05, 3.63) is 17.1 Å². The lowest BCUT2D eigenvalue weighted by molar-refractivity contribution is -0.692. The lowest BCUT2D eigenvalue weighted by atomic mass is 10.0. The van der Waals surface area contributed by atoms with Gasteiger partial charge in [0.25, 0.3) is 0 Å². The highest BCUT2D eigenvalue weighted by Gasteiger charge is 2.43. The van der Waals surface area contributed by atoms with Crippen LogP contribution in [0, 0.1) is 0 Å². The molecule has 2 amide bonds. The maximum Gasteiger partial charge on any atom is 0.412 e. The number of rotatable bonds is 27. The zero-order valence-corrected chi connectivity index (χ0v) is 31.1. The van der Waals surface area contributed by atoms with Crippen molar-refractivity contribution in [2.24, 2.45) is 0 Å². The minimum Gasteiger partial charge on any atom is -0.464 e.